The third kappa shape index (κ3) is 2.10. The molecular formula is C18H21NO2. The van der Waals surface area contributed by atoms with Gasteiger partial charge in [-0.25, -0.2) is 0 Å². The molecule has 4 rings (SSSR count). The number of anilines is 1. The number of hydrogen-bond acceptors (Lipinski definition) is 2. The molecule has 0 aromatic heterocycles. The highest BCUT2D eigenvalue weighted by molar-refractivity contribution is 5.98. The molecule has 2 aliphatic carbocycles. The van der Waals surface area contributed by atoms with Crippen LogP contribution < -0.4 is 4.90 Å². The highest BCUT2D eigenvalue weighted by Gasteiger charge is 2.43. The summed E-state index contributed by atoms with van der Waals surface area (Å²) in [5.74, 6) is 1.06. The highest BCUT2D eigenvalue weighted by Crippen LogP contribution is 2.41. The van der Waals surface area contributed by atoms with Crippen molar-refractivity contribution in [1.29, 1.82) is 0 Å². The molecule has 1 aromatic carbocycles. The molecule has 0 spiro atoms. The van der Waals surface area contributed by atoms with Gasteiger partial charge in [0, 0.05) is 30.0 Å². The lowest BCUT2D eigenvalue weighted by Gasteiger charge is -2.38. The van der Waals surface area contributed by atoms with Gasteiger partial charge in [-0.05, 0) is 43.7 Å². The second-order valence-corrected chi connectivity index (χ2v) is 6.76. The molecule has 2 bridgehead atoms. The van der Waals surface area contributed by atoms with Crippen LogP contribution in [0.4, 0.5) is 5.69 Å². The van der Waals surface area contributed by atoms with Gasteiger partial charge in [0.15, 0.2) is 0 Å². The van der Waals surface area contributed by atoms with Gasteiger partial charge in [-0.3, -0.25) is 9.59 Å². The van der Waals surface area contributed by atoms with E-state index in [9.17, 15) is 9.59 Å². The summed E-state index contributed by atoms with van der Waals surface area (Å²) in [6, 6.07) is 8.21. The van der Waals surface area contributed by atoms with Gasteiger partial charge in [-0.15, -0.1) is 0 Å². The summed E-state index contributed by atoms with van der Waals surface area (Å²) in [4.78, 5) is 27.0. The second-order valence-electron chi connectivity index (χ2n) is 6.76. The van der Waals surface area contributed by atoms with Crippen molar-refractivity contribution in [3.05, 3.63) is 29.8 Å². The summed E-state index contributed by atoms with van der Waals surface area (Å²) >= 11 is 0. The fourth-order valence-corrected chi connectivity index (χ4v) is 4.47. The van der Waals surface area contributed by atoms with Crippen molar-refractivity contribution in [1.82, 2.24) is 0 Å². The Morgan fingerprint density at radius 1 is 1.10 bits per heavy atom. The van der Waals surface area contributed by atoms with E-state index in [4.69, 9.17) is 0 Å². The predicted molar refractivity (Wildman–Crippen MR) is 81.1 cm³/mol. The van der Waals surface area contributed by atoms with Crippen LogP contribution in [0.3, 0.4) is 0 Å². The fourth-order valence-electron chi connectivity index (χ4n) is 4.47. The molecule has 21 heavy (non-hydrogen) atoms. The Kier molecular flexibility index (Phi) is 3.09. The summed E-state index contributed by atoms with van der Waals surface area (Å²) in [7, 11) is 0. The number of para-hydroxylation sites is 1. The van der Waals surface area contributed by atoms with Crippen LogP contribution in [0.2, 0.25) is 0 Å². The Labute approximate surface area is 125 Å². The largest absolute Gasteiger partial charge is 0.312 e. The Hall–Kier alpha value is -1.64. The summed E-state index contributed by atoms with van der Waals surface area (Å²) in [6.45, 7) is 0.804. The second kappa shape index (κ2) is 4.97. The zero-order valence-electron chi connectivity index (χ0n) is 12.3. The van der Waals surface area contributed by atoms with Crippen molar-refractivity contribution in [2.45, 2.75) is 38.5 Å². The van der Waals surface area contributed by atoms with E-state index in [1.807, 2.05) is 17.0 Å². The maximum absolute atomic E-state index is 12.9. The molecule has 1 amide bonds. The lowest BCUT2D eigenvalue weighted by Crippen LogP contribution is -2.43. The monoisotopic (exact) mass is 283 g/mol. The first-order chi connectivity index (χ1) is 10.2. The van der Waals surface area contributed by atoms with Crippen molar-refractivity contribution in [3.8, 4) is 0 Å². The third-order valence-corrected chi connectivity index (χ3v) is 5.55. The molecule has 0 radical (unpaired) electrons. The van der Waals surface area contributed by atoms with E-state index >= 15 is 0 Å². The summed E-state index contributed by atoms with van der Waals surface area (Å²) in [5, 5.41) is 0. The predicted octanol–water partition coefficient (Wildman–Crippen LogP) is 2.97. The topological polar surface area (TPSA) is 37.4 Å². The smallest absolute Gasteiger partial charge is 0.230 e. The fraction of sp³-hybridized carbons (Fsp3) is 0.556. The molecule has 2 saturated carbocycles. The molecule has 1 aromatic rings. The van der Waals surface area contributed by atoms with Crippen LogP contribution in [0, 0.1) is 17.8 Å². The molecule has 1 heterocycles. The van der Waals surface area contributed by atoms with Crippen molar-refractivity contribution in [2.75, 3.05) is 11.4 Å². The lowest BCUT2D eigenvalue weighted by molar-refractivity contribution is -0.136. The molecule has 2 fully saturated rings. The molecule has 3 heteroatoms. The number of carbonyl (C=O) groups excluding carboxylic acids is 2. The van der Waals surface area contributed by atoms with E-state index in [0.717, 1.165) is 50.8 Å². The van der Waals surface area contributed by atoms with Gasteiger partial charge >= 0.3 is 0 Å². The molecule has 2 atom stereocenters. The molecular weight excluding hydrogens is 262 g/mol. The number of carbonyl (C=O) groups is 2. The first-order valence-corrected chi connectivity index (χ1v) is 8.17. The van der Waals surface area contributed by atoms with Crippen molar-refractivity contribution in [3.63, 3.8) is 0 Å². The zero-order valence-corrected chi connectivity index (χ0v) is 12.3. The van der Waals surface area contributed by atoms with Crippen molar-refractivity contribution >= 4 is 17.4 Å². The first kappa shape index (κ1) is 13.1. The van der Waals surface area contributed by atoms with E-state index in [2.05, 4.69) is 12.1 Å². The minimum Gasteiger partial charge on any atom is -0.312 e. The normalized spacial score (nSPS) is 31.1. The van der Waals surface area contributed by atoms with Crippen LogP contribution in [-0.4, -0.2) is 18.2 Å². The molecule has 0 N–H and O–H groups in total. The summed E-state index contributed by atoms with van der Waals surface area (Å²) in [5.41, 5.74) is 2.36. The average Bonchev–Trinajstić information content (AvgIpc) is 2.90. The van der Waals surface area contributed by atoms with Crippen LogP contribution in [0.1, 0.15) is 37.7 Å². The van der Waals surface area contributed by atoms with Gasteiger partial charge in [0.25, 0.3) is 0 Å². The zero-order chi connectivity index (χ0) is 14.4. The number of amides is 1. The third-order valence-electron chi connectivity index (χ3n) is 5.55. The van der Waals surface area contributed by atoms with Crippen molar-refractivity contribution in [2.24, 2.45) is 17.8 Å². The van der Waals surface area contributed by atoms with E-state index < -0.39 is 0 Å². The first-order valence-electron chi connectivity index (χ1n) is 8.17. The number of rotatable bonds is 1. The maximum Gasteiger partial charge on any atom is 0.230 e. The molecule has 0 saturated heterocycles. The maximum atomic E-state index is 12.9. The average molecular weight is 283 g/mol. The minimum absolute atomic E-state index is 0.0594. The Balaban J connectivity index is 1.55. The number of Topliss-reactive ketones (excluding diaryl/α,β-unsaturated/α-hetero) is 1. The molecule has 3 nitrogen and oxygen atoms in total. The Morgan fingerprint density at radius 2 is 1.81 bits per heavy atom. The molecule has 0 unspecified atom stereocenters. The van der Waals surface area contributed by atoms with Crippen LogP contribution in [0.15, 0.2) is 24.3 Å². The van der Waals surface area contributed by atoms with Crippen LogP contribution in [0.25, 0.3) is 0 Å². The van der Waals surface area contributed by atoms with Gasteiger partial charge in [0.05, 0.1) is 0 Å². The minimum atomic E-state index is 0.0594. The number of benzene rings is 1. The van der Waals surface area contributed by atoms with Crippen LogP contribution >= 0.6 is 0 Å². The number of hydrogen-bond donors (Lipinski definition) is 0. The number of nitrogens with zero attached hydrogens (tertiary/aromatic N) is 1. The van der Waals surface area contributed by atoms with Gasteiger partial charge in [0.2, 0.25) is 5.91 Å². The SMILES string of the molecule is O=C1[C@H]2CCC[C@H]1CC(C(=O)N1CCc3ccccc31)C2. The van der Waals surface area contributed by atoms with Gasteiger partial charge in [-0.1, -0.05) is 24.6 Å². The van der Waals surface area contributed by atoms with Crippen LogP contribution in [-0.2, 0) is 16.0 Å². The van der Waals surface area contributed by atoms with E-state index in [1.54, 1.807) is 0 Å². The Bertz CT molecular complexity index is 579. The molecule has 3 aliphatic rings. The van der Waals surface area contributed by atoms with Crippen molar-refractivity contribution < 1.29 is 9.59 Å². The van der Waals surface area contributed by atoms with E-state index in [-0.39, 0.29) is 23.7 Å². The van der Waals surface area contributed by atoms with E-state index in [0.29, 0.717) is 5.78 Å². The standard InChI is InChI=1S/C18H21NO2/c20-17-13-5-3-6-14(17)11-15(10-13)18(21)19-9-8-12-4-1-2-7-16(12)19/h1-2,4,7,13-15H,3,5-6,8-11H2/t13-,14-/m0/s1. The van der Waals surface area contributed by atoms with E-state index in [1.165, 1.54) is 5.56 Å². The Morgan fingerprint density at radius 3 is 2.57 bits per heavy atom. The molecule has 110 valence electrons. The lowest BCUT2D eigenvalue weighted by atomic mass is 9.67. The van der Waals surface area contributed by atoms with Gasteiger partial charge in [-0.2, -0.15) is 0 Å². The summed E-state index contributed by atoms with van der Waals surface area (Å²) < 4.78 is 0. The summed E-state index contributed by atoms with van der Waals surface area (Å²) in [6.07, 6.45) is 5.68. The highest BCUT2D eigenvalue weighted by atomic mass is 16.2. The van der Waals surface area contributed by atoms with Gasteiger partial charge in [0.1, 0.15) is 5.78 Å². The van der Waals surface area contributed by atoms with Gasteiger partial charge < -0.3 is 4.90 Å². The quantitative estimate of drug-likeness (QED) is 0.794. The number of fused-ring (bicyclic) bond motifs is 3. The van der Waals surface area contributed by atoms with Crippen LogP contribution in [0.5, 0.6) is 0 Å². The number of ketones is 1. The molecule has 1 aliphatic heterocycles.